The van der Waals surface area contributed by atoms with E-state index in [-0.39, 0.29) is 12.8 Å². The third kappa shape index (κ3) is 4.70. The Bertz CT molecular complexity index is 161. The zero-order chi connectivity index (χ0) is 8.85. The van der Waals surface area contributed by atoms with E-state index in [1.807, 2.05) is 9.39 Å². The normalized spacial score (nSPS) is 12.5. The van der Waals surface area contributed by atoms with Gasteiger partial charge in [-0.05, 0) is 6.42 Å². The molecule has 1 unspecified atom stereocenters. The minimum Gasteiger partial charge on any atom is -0.481 e. The number of carbonyl (C=O) groups is 2. The fraction of sp³-hybridized carbons (Fsp3) is 0.600. The van der Waals surface area contributed by atoms with Crippen molar-refractivity contribution in [2.75, 3.05) is 0 Å². The van der Waals surface area contributed by atoms with Gasteiger partial charge in [0.1, 0.15) is 6.04 Å². The van der Waals surface area contributed by atoms with Gasteiger partial charge in [-0.2, -0.15) is 0 Å². The molecule has 0 aliphatic heterocycles. The second-order valence-electron chi connectivity index (χ2n) is 1.99. The van der Waals surface area contributed by atoms with E-state index in [1.165, 1.54) is 0 Å². The van der Waals surface area contributed by atoms with Gasteiger partial charge < -0.3 is 10.2 Å². The number of hydrogen-bond acceptors (Lipinski definition) is 3. The van der Waals surface area contributed by atoms with Crippen molar-refractivity contribution in [1.29, 1.82) is 0 Å². The first kappa shape index (κ1) is 10.3. The predicted molar refractivity (Wildman–Crippen MR) is 41.1 cm³/mol. The lowest BCUT2D eigenvalue weighted by molar-refractivity contribution is -0.140. The van der Waals surface area contributed by atoms with Crippen molar-refractivity contribution < 1.29 is 19.8 Å². The summed E-state index contributed by atoms with van der Waals surface area (Å²) in [6, 6.07) is -0.795. The summed E-state index contributed by atoms with van der Waals surface area (Å²) in [5.41, 5.74) is 0. The summed E-state index contributed by atoms with van der Waals surface area (Å²) in [7, 11) is 2.04. The van der Waals surface area contributed by atoms with Crippen LogP contribution in [0.2, 0.25) is 0 Å². The fourth-order valence-electron chi connectivity index (χ4n) is 0.546. The zero-order valence-electron chi connectivity index (χ0n) is 5.78. The Hall–Kier alpha value is -0.670. The quantitative estimate of drug-likeness (QED) is 0.503. The summed E-state index contributed by atoms with van der Waals surface area (Å²) in [5, 5.41) is 19.0. The molecule has 0 rings (SSSR count). The average molecular weight is 179 g/mol. The molecule has 0 spiro atoms. The van der Waals surface area contributed by atoms with Crippen LogP contribution in [0.15, 0.2) is 0 Å². The lowest BCUT2D eigenvalue weighted by Crippen LogP contribution is -2.30. The first-order valence-corrected chi connectivity index (χ1v) is 3.56. The largest absolute Gasteiger partial charge is 0.481 e. The Morgan fingerprint density at radius 1 is 1.45 bits per heavy atom. The van der Waals surface area contributed by atoms with Gasteiger partial charge in [0.05, 0.1) is 0 Å². The van der Waals surface area contributed by atoms with Crippen LogP contribution in [0.25, 0.3) is 0 Å². The lowest BCUT2D eigenvalue weighted by Gasteiger charge is -2.07. The van der Waals surface area contributed by atoms with Crippen LogP contribution < -0.4 is 5.09 Å². The standard InChI is InChI=1S/C5H10NO4P/c7-4(8)2-1-3(6-11)5(9)10/h3,6H,1-2,11H2,(H,7,8)(H,9,10)/t3-/m0/s1. The van der Waals surface area contributed by atoms with Crippen molar-refractivity contribution in [3.05, 3.63) is 0 Å². The number of aliphatic carboxylic acids is 2. The molecule has 0 aromatic rings. The Morgan fingerprint density at radius 2 is 2.00 bits per heavy atom. The molecule has 5 nitrogen and oxygen atoms in total. The van der Waals surface area contributed by atoms with Gasteiger partial charge in [-0.15, -0.1) is 0 Å². The van der Waals surface area contributed by atoms with E-state index in [4.69, 9.17) is 10.2 Å². The molecule has 0 heterocycles. The number of hydrogen-bond donors (Lipinski definition) is 3. The summed E-state index contributed by atoms with van der Waals surface area (Å²) < 4.78 is 0. The molecular formula is C5H10NO4P. The Labute approximate surface area is 66.0 Å². The van der Waals surface area contributed by atoms with Crippen LogP contribution in [-0.2, 0) is 9.59 Å². The van der Waals surface area contributed by atoms with Gasteiger partial charge in [-0.1, -0.05) is 9.39 Å². The van der Waals surface area contributed by atoms with Crippen molar-refractivity contribution in [1.82, 2.24) is 5.09 Å². The highest BCUT2D eigenvalue weighted by molar-refractivity contribution is 7.13. The number of rotatable bonds is 5. The highest BCUT2D eigenvalue weighted by atomic mass is 31.0. The molecule has 0 aliphatic carbocycles. The number of nitrogens with one attached hydrogen (secondary N) is 1. The van der Waals surface area contributed by atoms with E-state index in [2.05, 4.69) is 5.09 Å². The second kappa shape index (κ2) is 5.04. The van der Waals surface area contributed by atoms with Gasteiger partial charge >= 0.3 is 11.9 Å². The Morgan fingerprint density at radius 3 is 2.27 bits per heavy atom. The van der Waals surface area contributed by atoms with Gasteiger partial charge in [-0.25, -0.2) is 0 Å². The van der Waals surface area contributed by atoms with Crippen molar-refractivity contribution in [2.24, 2.45) is 0 Å². The topological polar surface area (TPSA) is 86.6 Å². The maximum atomic E-state index is 10.3. The van der Waals surface area contributed by atoms with E-state index < -0.39 is 18.0 Å². The van der Waals surface area contributed by atoms with Crippen LogP contribution in [0.4, 0.5) is 0 Å². The summed E-state index contributed by atoms with van der Waals surface area (Å²) in [6.07, 6.45) is -0.0491. The van der Waals surface area contributed by atoms with E-state index in [9.17, 15) is 9.59 Å². The van der Waals surface area contributed by atoms with E-state index in [1.54, 1.807) is 0 Å². The van der Waals surface area contributed by atoms with Gasteiger partial charge in [0.25, 0.3) is 0 Å². The molecule has 0 saturated carbocycles. The van der Waals surface area contributed by atoms with Crippen molar-refractivity contribution in [3.8, 4) is 0 Å². The van der Waals surface area contributed by atoms with Crippen molar-refractivity contribution >= 4 is 21.3 Å². The van der Waals surface area contributed by atoms with E-state index in [0.29, 0.717) is 0 Å². The third-order valence-corrected chi connectivity index (χ3v) is 1.55. The van der Waals surface area contributed by atoms with Crippen LogP contribution in [0.3, 0.4) is 0 Å². The molecule has 6 heteroatoms. The monoisotopic (exact) mass is 179 g/mol. The Kier molecular flexibility index (Phi) is 4.74. The minimum absolute atomic E-state index is 0.0914. The zero-order valence-corrected chi connectivity index (χ0v) is 6.93. The molecule has 0 aliphatic rings. The average Bonchev–Trinajstić information content (AvgIpc) is 1.87. The van der Waals surface area contributed by atoms with Crippen LogP contribution in [-0.4, -0.2) is 28.2 Å². The molecular weight excluding hydrogens is 169 g/mol. The summed E-state index contributed by atoms with van der Waals surface area (Å²) in [6.45, 7) is 0. The SMILES string of the molecule is O=C(O)CC[C@H](NP)C(=O)O. The van der Waals surface area contributed by atoms with E-state index in [0.717, 1.165) is 0 Å². The molecule has 0 aromatic carbocycles. The van der Waals surface area contributed by atoms with Crippen LogP contribution in [0.5, 0.6) is 0 Å². The molecule has 0 saturated heterocycles. The first-order valence-electron chi connectivity index (χ1n) is 2.98. The summed E-state index contributed by atoms with van der Waals surface area (Å²) in [5.74, 6) is -2.03. The molecule has 2 atom stereocenters. The third-order valence-electron chi connectivity index (χ3n) is 1.15. The first-order chi connectivity index (χ1) is 5.07. The Balaban J connectivity index is 3.70. The molecule has 3 N–H and O–H groups in total. The van der Waals surface area contributed by atoms with Crippen LogP contribution in [0, 0.1) is 0 Å². The molecule has 0 aromatic heterocycles. The smallest absolute Gasteiger partial charge is 0.320 e. The summed E-state index contributed by atoms with van der Waals surface area (Å²) >= 11 is 0. The summed E-state index contributed by atoms with van der Waals surface area (Å²) in [4.78, 5) is 20.3. The van der Waals surface area contributed by atoms with Gasteiger partial charge in [0.2, 0.25) is 0 Å². The van der Waals surface area contributed by atoms with Crippen LogP contribution in [0.1, 0.15) is 12.8 Å². The van der Waals surface area contributed by atoms with Gasteiger partial charge in [-0.3, -0.25) is 14.7 Å². The molecule has 0 fully saturated rings. The van der Waals surface area contributed by atoms with Crippen molar-refractivity contribution in [2.45, 2.75) is 18.9 Å². The van der Waals surface area contributed by atoms with Crippen LogP contribution >= 0.6 is 9.39 Å². The highest BCUT2D eigenvalue weighted by Gasteiger charge is 2.15. The van der Waals surface area contributed by atoms with E-state index >= 15 is 0 Å². The fourth-order valence-corrected chi connectivity index (χ4v) is 0.855. The lowest BCUT2D eigenvalue weighted by atomic mass is 10.2. The predicted octanol–water partition coefficient (Wildman–Crippen LogP) is -0.316. The molecule has 64 valence electrons. The molecule has 0 radical (unpaired) electrons. The minimum atomic E-state index is -1.04. The molecule has 11 heavy (non-hydrogen) atoms. The van der Waals surface area contributed by atoms with Crippen molar-refractivity contribution in [3.63, 3.8) is 0 Å². The number of carboxylic acids is 2. The maximum absolute atomic E-state index is 10.3. The number of carboxylic acid groups (broad SMARTS) is 2. The van der Waals surface area contributed by atoms with Gasteiger partial charge in [0, 0.05) is 6.42 Å². The second-order valence-corrected chi connectivity index (χ2v) is 2.32. The van der Waals surface area contributed by atoms with Gasteiger partial charge in [0.15, 0.2) is 0 Å². The molecule has 0 amide bonds. The highest BCUT2D eigenvalue weighted by Crippen LogP contribution is 1.98. The molecule has 0 bridgehead atoms. The maximum Gasteiger partial charge on any atom is 0.320 e.